The zero-order valence-electron chi connectivity index (χ0n) is 12.9. The van der Waals surface area contributed by atoms with Gasteiger partial charge in [-0.2, -0.15) is 0 Å². The van der Waals surface area contributed by atoms with Gasteiger partial charge in [0.05, 0.1) is 18.8 Å². The first kappa shape index (κ1) is 16.2. The summed E-state index contributed by atoms with van der Waals surface area (Å²) in [4.78, 5) is 0. The summed E-state index contributed by atoms with van der Waals surface area (Å²) in [6.45, 7) is 11.5. The number of hydrogen-bond acceptors (Lipinski definition) is 2. The molecule has 0 radical (unpaired) electrons. The van der Waals surface area contributed by atoms with E-state index in [0.717, 1.165) is 6.42 Å². The van der Waals surface area contributed by atoms with Crippen LogP contribution in [0.2, 0.25) is 0 Å². The number of aryl methyl sites for hydroxylation is 1. The fraction of sp³-hybridized carbons (Fsp3) is 0.647. The van der Waals surface area contributed by atoms with Crippen LogP contribution in [-0.2, 0) is 4.74 Å². The summed E-state index contributed by atoms with van der Waals surface area (Å²) in [6.07, 6.45) is 0.935. The molecule has 108 valence electrons. The molecular weight excluding hydrogens is 236 g/mol. The molecule has 0 fully saturated rings. The summed E-state index contributed by atoms with van der Waals surface area (Å²) in [6, 6.07) is 8.54. The fourth-order valence-electron chi connectivity index (χ4n) is 3.02. The second kappa shape index (κ2) is 7.06. The number of hydrogen-bond donors (Lipinski definition) is 1. The molecular formula is C17H28O2. The molecule has 1 aromatic rings. The van der Waals surface area contributed by atoms with Crippen molar-refractivity contribution in [3.8, 4) is 0 Å². The van der Waals surface area contributed by atoms with Gasteiger partial charge < -0.3 is 9.84 Å². The maximum Gasteiger partial charge on any atom is 0.0723 e. The largest absolute Gasteiger partial charge is 0.394 e. The Kier molecular flexibility index (Phi) is 6.02. The van der Waals surface area contributed by atoms with Gasteiger partial charge in [-0.1, -0.05) is 45.0 Å². The van der Waals surface area contributed by atoms with E-state index in [1.807, 2.05) is 0 Å². The monoisotopic (exact) mass is 264 g/mol. The molecule has 0 heterocycles. The van der Waals surface area contributed by atoms with Crippen molar-refractivity contribution in [1.29, 1.82) is 0 Å². The van der Waals surface area contributed by atoms with Crippen LogP contribution in [0.1, 0.15) is 51.2 Å². The van der Waals surface area contributed by atoms with Crippen molar-refractivity contribution in [2.45, 2.75) is 52.6 Å². The Morgan fingerprint density at radius 1 is 1.26 bits per heavy atom. The lowest BCUT2D eigenvalue weighted by Crippen LogP contribution is -2.39. The number of rotatable bonds is 7. The lowest BCUT2D eigenvalue weighted by atomic mass is 9.73. The van der Waals surface area contributed by atoms with Gasteiger partial charge in [0.15, 0.2) is 0 Å². The summed E-state index contributed by atoms with van der Waals surface area (Å²) in [7, 11) is 0. The van der Waals surface area contributed by atoms with Gasteiger partial charge in [0.1, 0.15) is 0 Å². The van der Waals surface area contributed by atoms with Crippen molar-refractivity contribution < 1.29 is 9.84 Å². The molecule has 0 spiro atoms. The van der Waals surface area contributed by atoms with Crippen LogP contribution >= 0.6 is 0 Å². The average Bonchev–Trinajstić information content (AvgIpc) is 2.38. The number of ether oxygens (including phenoxy) is 1. The third-order valence-electron chi connectivity index (χ3n) is 4.07. The zero-order valence-corrected chi connectivity index (χ0v) is 12.9. The molecule has 0 aliphatic heterocycles. The second-order valence-corrected chi connectivity index (χ2v) is 5.82. The lowest BCUT2D eigenvalue weighted by Gasteiger charge is -2.40. The average molecular weight is 264 g/mol. The predicted octanol–water partition coefficient (Wildman–Crippen LogP) is 3.91. The van der Waals surface area contributed by atoms with Crippen molar-refractivity contribution in [2.24, 2.45) is 5.92 Å². The summed E-state index contributed by atoms with van der Waals surface area (Å²) in [5, 5.41) is 9.05. The van der Waals surface area contributed by atoms with Gasteiger partial charge >= 0.3 is 0 Å². The normalized spacial score (nSPS) is 16.4. The van der Waals surface area contributed by atoms with Gasteiger partial charge in [-0.15, -0.1) is 0 Å². The molecule has 0 saturated carbocycles. The SMILES string of the molecule is CCC(C)(OCCO)C(c1ccccc1C)C(C)C. The topological polar surface area (TPSA) is 29.5 Å². The zero-order chi connectivity index (χ0) is 14.5. The van der Waals surface area contributed by atoms with Crippen LogP contribution in [0.5, 0.6) is 0 Å². The number of aliphatic hydroxyl groups excluding tert-OH is 1. The van der Waals surface area contributed by atoms with Crippen molar-refractivity contribution in [1.82, 2.24) is 0 Å². The van der Waals surface area contributed by atoms with Crippen molar-refractivity contribution >= 4 is 0 Å². The van der Waals surface area contributed by atoms with Gasteiger partial charge in [0.25, 0.3) is 0 Å². The van der Waals surface area contributed by atoms with Crippen LogP contribution in [0.15, 0.2) is 24.3 Å². The first-order valence-electron chi connectivity index (χ1n) is 7.26. The minimum absolute atomic E-state index is 0.0776. The maximum absolute atomic E-state index is 9.05. The van der Waals surface area contributed by atoms with Crippen LogP contribution < -0.4 is 0 Å². The van der Waals surface area contributed by atoms with E-state index in [-0.39, 0.29) is 12.2 Å². The molecule has 0 saturated heterocycles. The van der Waals surface area contributed by atoms with E-state index >= 15 is 0 Å². The van der Waals surface area contributed by atoms with E-state index in [0.29, 0.717) is 18.4 Å². The van der Waals surface area contributed by atoms with Crippen molar-refractivity contribution in [2.75, 3.05) is 13.2 Å². The number of aliphatic hydroxyl groups is 1. The Balaban J connectivity index is 3.15. The molecule has 2 atom stereocenters. The quantitative estimate of drug-likeness (QED) is 0.809. The Bertz CT molecular complexity index is 387. The minimum Gasteiger partial charge on any atom is -0.394 e. The Labute approximate surface area is 117 Å². The molecule has 2 heteroatoms. The van der Waals surface area contributed by atoms with Crippen LogP contribution in [0.4, 0.5) is 0 Å². The predicted molar refractivity (Wildman–Crippen MR) is 80.5 cm³/mol. The first-order chi connectivity index (χ1) is 8.96. The molecule has 0 aliphatic carbocycles. The third kappa shape index (κ3) is 3.80. The maximum atomic E-state index is 9.05. The van der Waals surface area contributed by atoms with Gasteiger partial charge in [-0.3, -0.25) is 0 Å². The highest BCUT2D eigenvalue weighted by molar-refractivity contribution is 5.31. The van der Waals surface area contributed by atoms with Gasteiger partial charge in [-0.25, -0.2) is 0 Å². The van der Waals surface area contributed by atoms with Crippen LogP contribution in [-0.4, -0.2) is 23.9 Å². The van der Waals surface area contributed by atoms with E-state index in [2.05, 4.69) is 58.9 Å². The van der Waals surface area contributed by atoms with Crippen LogP contribution in [0.25, 0.3) is 0 Å². The highest BCUT2D eigenvalue weighted by Gasteiger charge is 2.37. The molecule has 0 aromatic heterocycles. The molecule has 0 aliphatic rings. The third-order valence-corrected chi connectivity index (χ3v) is 4.07. The highest BCUT2D eigenvalue weighted by Crippen LogP contribution is 2.40. The molecule has 1 N–H and O–H groups in total. The van der Waals surface area contributed by atoms with E-state index in [9.17, 15) is 0 Å². The molecule has 2 nitrogen and oxygen atoms in total. The molecule has 0 bridgehead atoms. The van der Waals surface area contributed by atoms with E-state index in [4.69, 9.17) is 9.84 Å². The summed E-state index contributed by atoms with van der Waals surface area (Å²) in [5.74, 6) is 0.829. The van der Waals surface area contributed by atoms with Gasteiger partial charge in [0.2, 0.25) is 0 Å². The summed E-state index contributed by atoms with van der Waals surface area (Å²) >= 11 is 0. The Morgan fingerprint density at radius 3 is 2.37 bits per heavy atom. The Morgan fingerprint density at radius 2 is 1.89 bits per heavy atom. The van der Waals surface area contributed by atoms with Gasteiger partial charge in [-0.05, 0) is 37.3 Å². The molecule has 2 unspecified atom stereocenters. The first-order valence-corrected chi connectivity index (χ1v) is 7.26. The van der Waals surface area contributed by atoms with Gasteiger partial charge in [0, 0.05) is 5.92 Å². The Hall–Kier alpha value is -0.860. The fourth-order valence-corrected chi connectivity index (χ4v) is 3.02. The standard InChI is InChI=1S/C17H28O2/c1-6-17(5,19-12-11-18)16(13(2)3)15-10-8-7-9-14(15)4/h7-10,13,16,18H,6,11-12H2,1-5H3. The smallest absolute Gasteiger partial charge is 0.0723 e. The van der Waals surface area contributed by atoms with E-state index in [1.165, 1.54) is 11.1 Å². The summed E-state index contributed by atoms with van der Waals surface area (Å²) < 4.78 is 6.01. The van der Waals surface area contributed by atoms with Crippen molar-refractivity contribution in [3.63, 3.8) is 0 Å². The number of benzene rings is 1. The van der Waals surface area contributed by atoms with E-state index in [1.54, 1.807) is 0 Å². The molecule has 1 rings (SSSR count). The lowest BCUT2D eigenvalue weighted by molar-refractivity contribution is -0.0750. The molecule has 19 heavy (non-hydrogen) atoms. The van der Waals surface area contributed by atoms with Crippen LogP contribution in [0.3, 0.4) is 0 Å². The highest BCUT2D eigenvalue weighted by atomic mass is 16.5. The second-order valence-electron chi connectivity index (χ2n) is 5.82. The molecule has 0 amide bonds. The minimum atomic E-state index is -0.233. The van der Waals surface area contributed by atoms with Crippen LogP contribution in [0, 0.1) is 12.8 Å². The molecule has 1 aromatic carbocycles. The van der Waals surface area contributed by atoms with E-state index < -0.39 is 0 Å². The summed E-state index contributed by atoms with van der Waals surface area (Å²) in [5.41, 5.74) is 2.44. The van der Waals surface area contributed by atoms with Crippen molar-refractivity contribution in [3.05, 3.63) is 35.4 Å².